The van der Waals surface area contributed by atoms with E-state index in [4.69, 9.17) is 4.98 Å². The third-order valence-electron chi connectivity index (χ3n) is 5.60. The summed E-state index contributed by atoms with van der Waals surface area (Å²) in [6.07, 6.45) is 2.82. The summed E-state index contributed by atoms with van der Waals surface area (Å²) in [4.78, 5) is 7.08. The largest absolute Gasteiger partial charge is 0.299 e. The molecule has 0 spiro atoms. The van der Waals surface area contributed by atoms with E-state index in [1.807, 2.05) is 29.8 Å². The molecular formula is C19H26N4O2S. The van der Waals surface area contributed by atoms with Crippen molar-refractivity contribution >= 4 is 9.84 Å². The molecule has 2 fully saturated rings. The Morgan fingerprint density at radius 1 is 1.12 bits per heavy atom. The molecule has 2 saturated heterocycles. The van der Waals surface area contributed by atoms with Crippen molar-refractivity contribution in [2.24, 2.45) is 0 Å². The summed E-state index contributed by atoms with van der Waals surface area (Å²) >= 11 is 0. The van der Waals surface area contributed by atoms with E-state index >= 15 is 0 Å². The Morgan fingerprint density at radius 3 is 2.50 bits per heavy atom. The Bertz CT molecular complexity index is 855. The van der Waals surface area contributed by atoms with Crippen molar-refractivity contribution in [1.82, 2.24) is 19.7 Å². The molecule has 26 heavy (non-hydrogen) atoms. The molecule has 6 nitrogen and oxygen atoms in total. The lowest BCUT2D eigenvalue weighted by atomic mass is 9.94. The van der Waals surface area contributed by atoms with Gasteiger partial charge >= 0.3 is 0 Å². The van der Waals surface area contributed by atoms with Gasteiger partial charge in [0.15, 0.2) is 9.84 Å². The molecule has 0 N–H and O–H groups in total. The maximum atomic E-state index is 11.7. The number of piperidine rings is 1. The lowest BCUT2D eigenvalue weighted by Gasteiger charge is -2.35. The predicted octanol–water partition coefficient (Wildman–Crippen LogP) is 2.00. The molecule has 2 aromatic rings. The van der Waals surface area contributed by atoms with E-state index in [0.717, 1.165) is 50.5 Å². The third kappa shape index (κ3) is 3.83. The highest BCUT2D eigenvalue weighted by molar-refractivity contribution is 7.91. The number of hydrogen-bond donors (Lipinski definition) is 0. The van der Waals surface area contributed by atoms with Gasteiger partial charge in [-0.05, 0) is 44.8 Å². The van der Waals surface area contributed by atoms with Crippen LogP contribution in [0.4, 0.5) is 0 Å². The fraction of sp³-hybridized carbons (Fsp3) is 0.579. The quantitative estimate of drug-likeness (QED) is 0.819. The molecule has 0 radical (unpaired) electrons. The monoisotopic (exact) mass is 374 g/mol. The zero-order valence-corrected chi connectivity index (χ0v) is 16.0. The summed E-state index contributed by atoms with van der Waals surface area (Å²) in [5, 5.41) is 4.61. The minimum Gasteiger partial charge on any atom is -0.299 e. The number of nitrogens with zero attached hydrogens (tertiary/aromatic N) is 4. The second-order valence-electron chi connectivity index (χ2n) is 7.53. The molecule has 2 aliphatic heterocycles. The van der Waals surface area contributed by atoms with Crippen LogP contribution in [0.3, 0.4) is 0 Å². The summed E-state index contributed by atoms with van der Waals surface area (Å²) in [7, 11) is -2.82. The first-order valence-electron chi connectivity index (χ1n) is 9.40. The van der Waals surface area contributed by atoms with Crippen LogP contribution in [0.1, 0.15) is 42.4 Å². The summed E-state index contributed by atoms with van der Waals surface area (Å²) in [6.45, 7) is 4.59. The Labute approximate surface area is 155 Å². The highest BCUT2D eigenvalue weighted by Gasteiger charge is 2.35. The number of benzene rings is 1. The van der Waals surface area contributed by atoms with E-state index in [1.165, 1.54) is 5.56 Å². The fourth-order valence-electron chi connectivity index (χ4n) is 4.23. The first-order chi connectivity index (χ1) is 12.5. The van der Waals surface area contributed by atoms with Crippen LogP contribution < -0.4 is 0 Å². The van der Waals surface area contributed by atoms with E-state index in [9.17, 15) is 8.42 Å². The van der Waals surface area contributed by atoms with Crippen LogP contribution >= 0.6 is 0 Å². The SMILES string of the molecule is Cc1nc(C2CCN([C@@H]3CCS(=O)(=O)C3)CC2)n(Cc2ccccc2)n1. The van der Waals surface area contributed by atoms with Gasteiger partial charge < -0.3 is 0 Å². The van der Waals surface area contributed by atoms with Gasteiger partial charge in [0.05, 0.1) is 18.1 Å². The van der Waals surface area contributed by atoms with Crippen molar-refractivity contribution in [3.8, 4) is 0 Å². The van der Waals surface area contributed by atoms with Crippen LogP contribution in [-0.4, -0.2) is 58.7 Å². The summed E-state index contributed by atoms with van der Waals surface area (Å²) in [6, 6.07) is 10.6. The van der Waals surface area contributed by atoms with Gasteiger partial charge in [0, 0.05) is 12.0 Å². The summed E-state index contributed by atoms with van der Waals surface area (Å²) < 4.78 is 25.5. The van der Waals surface area contributed by atoms with Crippen LogP contribution in [-0.2, 0) is 16.4 Å². The molecule has 7 heteroatoms. The van der Waals surface area contributed by atoms with E-state index in [1.54, 1.807) is 0 Å². The van der Waals surface area contributed by atoms with Crippen LogP contribution in [0.25, 0.3) is 0 Å². The molecule has 0 bridgehead atoms. The smallest absolute Gasteiger partial charge is 0.151 e. The Balaban J connectivity index is 1.43. The van der Waals surface area contributed by atoms with Gasteiger partial charge in [-0.25, -0.2) is 18.1 Å². The first-order valence-corrected chi connectivity index (χ1v) is 11.2. The third-order valence-corrected chi connectivity index (χ3v) is 7.35. The molecule has 1 aromatic carbocycles. The average molecular weight is 375 g/mol. The topological polar surface area (TPSA) is 68.1 Å². The van der Waals surface area contributed by atoms with Crippen molar-refractivity contribution in [2.75, 3.05) is 24.6 Å². The highest BCUT2D eigenvalue weighted by atomic mass is 32.2. The molecule has 1 atom stereocenters. The second-order valence-corrected chi connectivity index (χ2v) is 9.76. The van der Waals surface area contributed by atoms with Crippen molar-refractivity contribution < 1.29 is 8.42 Å². The normalized spacial score (nSPS) is 24.1. The maximum Gasteiger partial charge on any atom is 0.151 e. The number of hydrogen-bond acceptors (Lipinski definition) is 5. The molecule has 2 aliphatic rings. The molecular weight excluding hydrogens is 348 g/mol. The van der Waals surface area contributed by atoms with E-state index < -0.39 is 9.84 Å². The number of likely N-dealkylation sites (tertiary alicyclic amines) is 1. The number of aromatic nitrogens is 3. The standard InChI is InChI=1S/C19H26N4O2S/c1-15-20-19(23(21-15)13-16-5-3-2-4-6-16)17-7-10-22(11-8-17)18-9-12-26(24,25)14-18/h2-6,17-18H,7-14H2,1H3/t18-/m1/s1. The Morgan fingerprint density at radius 2 is 1.85 bits per heavy atom. The first kappa shape index (κ1) is 17.7. The Hall–Kier alpha value is -1.73. The predicted molar refractivity (Wildman–Crippen MR) is 101 cm³/mol. The van der Waals surface area contributed by atoms with Crippen LogP contribution in [0.15, 0.2) is 30.3 Å². The summed E-state index contributed by atoms with van der Waals surface area (Å²) in [5.74, 6) is 2.97. The highest BCUT2D eigenvalue weighted by Crippen LogP contribution is 2.30. The maximum absolute atomic E-state index is 11.7. The minimum absolute atomic E-state index is 0.213. The van der Waals surface area contributed by atoms with E-state index in [-0.39, 0.29) is 6.04 Å². The summed E-state index contributed by atoms with van der Waals surface area (Å²) in [5.41, 5.74) is 1.23. The van der Waals surface area contributed by atoms with Crippen molar-refractivity contribution in [3.63, 3.8) is 0 Å². The molecule has 140 valence electrons. The van der Waals surface area contributed by atoms with Crippen molar-refractivity contribution in [2.45, 2.75) is 44.7 Å². The zero-order chi connectivity index (χ0) is 18.1. The average Bonchev–Trinajstić information content (AvgIpc) is 3.18. The van der Waals surface area contributed by atoms with Gasteiger partial charge in [0.25, 0.3) is 0 Å². The second kappa shape index (κ2) is 7.12. The van der Waals surface area contributed by atoms with Gasteiger partial charge in [-0.3, -0.25) is 4.90 Å². The molecule has 0 unspecified atom stereocenters. The zero-order valence-electron chi connectivity index (χ0n) is 15.2. The molecule has 0 saturated carbocycles. The lowest BCUT2D eigenvalue weighted by Crippen LogP contribution is -2.42. The van der Waals surface area contributed by atoms with E-state index in [0.29, 0.717) is 17.4 Å². The molecule has 1 aromatic heterocycles. The Kier molecular flexibility index (Phi) is 4.84. The minimum atomic E-state index is -2.82. The van der Waals surface area contributed by atoms with Gasteiger partial charge in [-0.1, -0.05) is 30.3 Å². The van der Waals surface area contributed by atoms with Crippen molar-refractivity contribution in [3.05, 3.63) is 47.5 Å². The molecule has 0 aliphatic carbocycles. The van der Waals surface area contributed by atoms with Gasteiger partial charge in [-0.15, -0.1) is 0 Å². The number of aryl methyl sites for hydroxylation is 1. The van der Waals surface area contributed by atoms with Gasteiger partial charge in [0.1, 0.15) is 11.6 Å². The number of rotatable bonds is 4. The van der Waals surface area contributed by atoms with Crippen LogP contribution in [0, 0.1) is 6.92 Å². The van der Waals surface area contributed by atoms with E-state index in [2.05, 4.69) is 22.1 Å². The lowest BCUT2D eigenvalue weighted by molar-refractivity contribution is 0.161. The molecule has 3 heterocycles. The van der Waals surface area contributed by atoms with Gasteiger partial charge in [0.2, 0.25) is 0 Å². The van der Waals surface area contributed by atoms with Gasteiger partial charge in [-0.2, -0.15) is 5.10 Å². The van der Waals surface area contributed by atoms with Crippen molar-refractivity contribution in [1.29, 1.82) is 0 Å². The fourth-order valence-corrected chi connectivity index (χ4v) is 5.99. The van der Waals surface area contributed by atoms with Crippen LogP contribution in [0.5, 0.6) is 0 Å². The number of sulfone groups is 1. The molecule has 4 rings (SSSR count). The molecule has 0 amide bonds. The van der Waals surface area contributed by atoms with Crippen LogP contribution in [0.2, 0.25) is 0 Å².